The van der Waals surface area contributed by atoms with Crippen LogP contribution in [0.2, 0.25) is 0 Å². The van der Waals surface area contributed by atoms with Crippen LogP contribution < -0.4 is 0 Å². The minimum absolute atomic E-state index is 0.0431. The lowest BCUT2D eigenvalue weighted by Crippen LogP contribution is -2.64. The number of fused-ring (bicyclic) bond motifs is 5. The highest BCUT2D eigenvalue weighted by atomic mass is 16.6. The average Bonchev–Trinajstić information content (AvgIpc) is 3.42. The summed E-state index contributed by atoms with van der Waals surface area (Å²) in [6.07, 6.45) is 10.3. The molecule has 1 aliphatic heterocycles. The van der Waals surface area contributed by atoms with E-state index < -0.39 is 11.6 Å². The van der Waals surface area contributed by atoms with Gasteiger partial charge in [0.25, 0.3) is 0 Å². The molecule has 1 unspecified atom stereocenters. The van der Waals surface area contributed by atoms with Crippen LogP contribution in [0.25, 0.3) is 0 Å². The number of benzene rings is 1. The van der Waals surface area contributed by atoms with Crippen molar-refractivity contribution in [3.8, 4) is 0 Å². The number of rotatable bonds is 4. The molecule has 5 fully saturated rings. The molecule has 5 nitrogen and oxygen atoms in total. The van der Waals surface area contributed by atoms with Crippen LogP contribution in [-0.4, -0.2) is 34.9 Å². The number of hydrogen-bond acceptors (Lipinski definition) is 5. The van der Waals surface area contributed by atoms with Gasteiger partial charge in [0.15, 0.2) is 5.60 Å². The summed E-state index contributed by atoms with van der Waals surface area (Å²) in [7, 11) is 0. The van der Waals surface area contributed by atoms with Gasteiger partial charge >= 0.3 is 11.9 Å². The fourth-order valence-electron chi connectivity index (χ4n) is 11.7. The molecule has 1 heterocycles. The first-order valence-corrected chi connectivity index (χ1v) is 16.5. The predicted molar refractivity (Wildman–Crippen MR) is 164 cm³/mol. The molecule has 0 amide bonds. The number of ether oxygens (including phenoxy) is 2. The van der Waals surface area contributed by atoms with Crippen LogP contribution in [0.4, 0.5) is 0 Å². The summed E-state index contributed by atoms with van der Waals surface area (Å²) >= 11 is 0. The molecular weight excluding hydrogens is 524 g/mol. The summed E-state index contributed by atoms with van der Waals surface area (Å²) in [4.78, 5) is 26.3. The second-order valence-electron chi connectivity index (χ2n) is 16.2. The maximum Gasteiger partial charge on any atom is 0.339 e. The Morgan fingerprint density at radius 2 is 1.57 bits per heavy atom. The monoisotopic (exact) mass is 576 g/mol. The fourth-order valence-corrected chi connectivity index (χ4v) is 11.7. The molecule has 1 aromatic carbocycles. The number of hydrogen-bond donors (Lipinski definition) is 1. The molecule has 0 spiro atoms. The quantitative estimate of drug-likeness (QED) is 0.291. The molecular formula is C37H52O5. The van der Waals surface area contributed by atoms with E-state index in [1.165, 1.54) is 0 Å². The molecule has 1 N–H and O–H groups in total. The smallest absolute Gasteiger partial charge is 0.339 e. The third-order valence-electron chi connectivity index (χ3n) is 13.9. The largest absolute Gasteiger partial charge is 0.458 e. The zero-order chi connectivity index (χ0) is 30.3. The lowest BCUT2D eigenvalue weighted by molar-refractivity contribution is -0.225. The van der Waals surface area contributed by atoms with E-state index in [2.05, 4.69) is 34.6 Å². The predicted octanol–water partition coefficient (Wildman–Crippen LogP) is 7.91. The summed E-state index contributed by atoms with van der Waals surface area (Å²) in [5.74, 6) is 0.695. The highest BCUT2D eigenvalue weighted by Gasteiger charge is 2.71. The van der Waals surface area contributed by atoms with Gasteiger partial charge in [-0.05, 0) is 117 Å². The molecule has 1 saturated heterocycles. The Kier molecular flexibility index (Phi) is 7.08. The van der Waals surface area contributed by atoms with Gasteiger partial charge in [0.2, 0.25) is 0 Å². The fraction of sp³-hybridized carbons (Fsp3) is 0.730. The van der Waals surface area contributed by atoms with Gasteiger partial charge in [0.1, 0.15) is 12.2 Å². The van der Waals surface area contributed by atoms with Gasteiger partial charge < -0.3 is 14.6 Å². The first-order chi connectivity index (χ1) is 19.7. The molecule has 6 rings (SSSR count). The van der Waals surface area contributed by atoms with E-state index in [1.54, 1.807) is 0 Å². The summed E-state index contributed by atoms with van der Waals surface area (Å²) in [5.41, 5.74) is 0.607. The molecule has 230 valence electrons. The van der Waals surface area contributed by atoms with Crippen LogP contribution in [0.3, 0.4) is 0 Å². The van der Waals surface area contributed by atoms with Gasteiger partial charge in [-0.15, -0.1) is 0 Å². The van der Waals surface area contributed by atoms with E-state index in [0.29, 0.717) is 29.7 Å². The van der Waals surface area contributed by atoms with Gasteiger partial charge in [0, 0.05) is 17.8 Å². The number of carbonyl (C=O) groups excluding carboxylic acids is 2. The average molecular weight is 577 g/mol. The van der Waals surface area contributed by atoms with Crippen molar-refractivity contribution in [1.82, 2.24) is 0 Å². The van der Waals surface area contributed by atoms with Crippen molar-refractivity contribution in [1.29, 1.82) is 0 Å². The van der Waals surface area contributed by atoms with E-state index in [0.717, 1.165) is 56.9 Å². The van der Waals surface area contributed by atoms with Crippen molar-refractivity contribution in [2.45, 2.75) is 124 Å². The molecule has 0 aromatic heterocycles. The lowest BCUT2D eigenvalue weighted by atomic mass is 9.35. The highest BCUT2D eigenvalue weighted by molar-refractivity contribution is 5.89. The summed E-state index contributed by atoms with van der Waals surface area (Å²) in [5, 5.41) is 11.9. The van der Waals surface area contributed by atoms with Gasteiger partial charge in [-0.2, -0.15) is 0 Å². The third-order valence-corrected chi connectivity index (χ3v) is 13.9. The van der Waals surface area contributed by atoms with Crippen LogP contribution in [-0.2, 0) is 14.3 Å². The summed E-state index contributed by atoms with van der Waals surface area (Å²) < 4.78 is 12.0. The third kappa shape index (κ3) is 4.19. The molecule has 1 aromatic rings. The van der Waals surface area contributed by atoms with E-state index in [4.69, 9.17) is 9.47 Å². The van der Waals surface area contributed by atoms with Crippen LogP contribution in [0.15, 0.2) is 42.0 Å². The summed E-state index contributed by atoms with van der Waals surface area (Å²) in [6, 6.07) is 9.39. The Morgan fingerprint density at radius 3 is 2.26 bits per heavy atom. The first-order valence-electron chi connectivity index (χ1n) is 16.5. The molecule has 5 heteroatoms. The van der Waals surface area contributed by atoms with E-state index >= 15 is 0 Å². The number of esters is 2. The van der Waals surface area contributed by atoms with Crippen LogP contribution in [0.5, 0.6) is 0 Å². The van der Waals surface area contributed by atoms with E-state index in [-0.39, 0.29) is 45.8 Å². The number of aliphatic hydroxyl groups is 1. The van der Waals surface area contributed by atoms with Crippen molar-refractivity contribution < 1.29 is 24.2 Å². The normalized spacial score (nSPS) is 45.7. The van der Waals surface area contributed by atoms with Gasteiger partial charge in [0.05, 0.1) is 5.56 Å². The lowest BCUT2D eigenvalue weighted by Gasteiger charge is -2.70. The number of carbonyl (C=O) groups is 2. The first kappa shape index (κ1) is 29.9. The Bertz CT molecular complexity index is 1260. The molecule has 5 aliphatic rings. The topological polar surface area (TPSA) is 72.8 Å². The minimum Gasteiger partial charge on any atom is -0.458 e. The molecule has 0 radical (unpaired) electrons. The van der Waals surface area contributed by atoms with Gasteiger partial charge in [-0.25, -0.2) is 9.59 Å². The Hall–Kier alpha value is -2.14. The Morgan fingerprint density at radius 1 is 0.881 bits per heavy atom. The Labute approximate surface area is 252 Å². The molecule has 0 bridgehead atoms. The van der Waals surface area contributed by atoms with Crippen molar-refractivity contribution in [3.63, 3.8) is 0 Å². The standard InChI is InChI=1S/C37H52O5/c1-23(2)21-25-22-37(40,32(39)41-25)27-15-19-35(6)26(27)13-14-29-34(5)18-17-30(42-31(38)24-11-9-8-10-12-24)33(3,4)28(34)16-20-36(29,35)7/h8-12,21,25-30,40H,13-20,22H2,1-7H3/t25-,26-,27+,28+,29-,30+,34+,35-,36-,37?/m1/s1. The van der Waals surface area contributed by atoms with Crippen molar-refractivity contribution in [2.75, 3.05) is 0 Å². The maximum absolute atomic E-state index is 13.2. The molecule has 4 aliphatic carbocycles. The molecule has 4 saturated carbocycles. The zero-order valence-corrected chi connectivity index (χ0v) is 26.9. The Balaban J connectivity index is 1.24. The number of allylic oxidation sites excluding steroid dienone is 1. The second kappa shape index (κ2) is 9.94. The number of cyclic esters (lactones) is 1. The molecule has 10 atom stereocenters. The van der Waals surface area contributed by atoms with Crippen molar-refractivity contribution in [2.24, 2.45) is 45.3 Å². The van der Waals surface area contributed by atoms with Crippen LogP contribution >= 0.6 is 0 Å². The van der Waals surface area contributed by atoms with Crippen molar-refractivity contribution in [3.05, 3.63) is 47.5 Å². The van der Waals surface area contributed by atoms with Crippen LogP contribution in [0.1, 0.15) is 117 Å². The van der Waals surface area contributed by atoms with E-state index in [9.17, 15) is 14.7 Å². The minimum atomic E-state index is -1.38. The second-order valence-corrected chi connectivity index (χ2v) is 16.2. The SMILES string of the molecule is CC(C)=C[C@@H]1CC(O)([C@H]2CC[C@]3(C)[C@@H]2CC[C@@H]2[C@@]4(C)CC[C@H](OC(=O)c5ccccc5)C(C)(C)[C@@H]4CC[C@]23C)C(=O)O1. The van der Waals surface area contributed by atoms with E-state index in [1.807, 2.05) is 50.3 Å². The zero-order valence-electron chi connectivity index (χ0n) is 26.9. The van der Waals surface area contributed by atoms with Gasteiger partial charge in [-0.1, -0.05) is 58.4 Å². The van der Waals surface area contributed by atoms with Crippen LogP contribution in [0, 0.1) is 45.3 Å². The maximum atomic E-state index is 13.2. The summed E-state index contributed by atoms with van der Waals surface area (Å²) in [6.45, 7) is 16.3. The molecule has 42 heavy (non-hydrogen) atoms. The van der Waals surface area contributed by atoms with Gasteiger partial charge in [-0.3, -0.25) is 0 Å². The van der Waals surface area contributed by atoms with Crippen molar-refractivity contribution >= 4 is 11.9 Å². The highest BCUT2D eigenvalue weighted by Crippen LogP contribution is 2.76.